The SMILES string of the molecule is Cn1nccc1N1CC(CNC(=O)c2ccc(Br)cc2)OC1=O. The Labute approximate surface area is 141 Å². The molecule has 2 heterocycles. The van der Waals surface area contributed by atoms with E-state index in [1.165, 1.54) is 4.90 Å². The van der Waals surface area contributed by atoms with Gasteiger partial charge in [0.1, 0.15) is 11.9 Å². The topological polar surface area (TPSA) is 76.5 Å². The van der Waals surface area contributed by atoms with Gasteiger partial charge in [0.05, 0.1) is 19.3 Å². The summed E-state index contributed by atoms with van der Waals surface area (Å²) < 4.78 is 7.79. The number of carbonyl (C=O) groups excluding carboxylic acids is 2. The van der Waals surface area contributed by atoms with Gasteiger partial charge in [-0.25, -0.2) is 4.79 Å². The molecule has 1 saturated heterocycles. The third-order valence-electron chi connectivity index (χ3n) is 3.54. The molecule has 0 radical (unpaired) electrons. The zero-order valence-corrected chi connectivity index (χ0v) is 14.0. The first-order valence-electron chi connectivity index (χ1n) is 7.04. The van der Waals surface area contributed by atoms with Gasteiger partial charge in [-0.2, -0.15) is 5.10 Å². The number of hydrogen-bond donors (Lipinski definition) is 1. The van der Waals surface area contributed by atoms with Gasteiger partial charge in [0.2, 0.25) is 0 Å². The van der Waals surface area contributed by atoms with Crippen molar-refractivity contribution >= 4 is 33.7 Å². The number of anilines is 1. The molecule has 2 aromatic rings. The van der Waals surface area contributed by atoms with Crippen LogP contribution in [0.4, 0.5) is 10.6 Å². The Hall–Kier alpha value is -2.35. The number of cyclic esters (lactones) is 1. The van der Waals surface area contributed by atoms with Crippen molar-refractivity contribution in [3.63, 3.8) is 0 Å². The number of carbonyl (C=O) groups is 2. The van der Waals surface area contributed by atoms with Crippen LogP contribution in [0.2, 0.25) is 0 Å². The minimum atomic E-state index is -0.434. The van der Waals surface area contributed by atoms with E-state index in [-0.39, 0.29) is 12.5 Å². The maximum Gasteiger partial charge on any atom is 0.416 e. The summed E-state index contributed by atoms with van der Waals surface area (Å²) in [7, 11) is 1.76. The molecule has 1 aromatic heterocycles. The largest absolute Gasteiger partial charge is 0.442 e. The van der Waals surface area contributed by atoms with E-state index < -0.39 is 12.2 Å². The van der Waals surface area contributed by atoms with Crippen molar-refractivity contribution in [3.05, 3.63) is 46.6 Å². The third-order valence-corrected chi connectivity index (χ3v) is 4.07. The Kier molecular flexibility index (Phi) is 4.33. The summed E-state index contributed by atoms with van der Waals surface area (Å²) in [6.07, 6.45) is 0.791. The van der Waals surface area contributed by atoms with Crippen LogP contribution in [0.15, 0.2) is 41.0 Å². The van der Waals surface area contributed by atoms with Crippen LogP contribution < -0.4 is 10.2 Å². The van der Waals surface area contributed by atoms with Crippen LogP contribution in [0.5, 0.6) is 0 Å². The zero-order valence-electron chi connectivity index (χ0n) is 12.4. The van der Waals surface area contributed by atoms with E-state index >= 15 is 0 Å². The molecule has 1 atom stereocenters. The van der Waals surface area contributed by atoms with E-state index in [1.54, 1.807) is 48.3 Å². The summed E-state index contributed by atoms with van der Waals surface area (Å²) in [4.78, 5) is 25.5. The van der Waals surface area contributed by atoms with Crippen molar-refractivity contribution in [1.29, 1.82) is 0 Å². The average Bonchev–Trinajstić information content (AvgIpc) is 3.11. The Morgan fingerprint density at radius 2 is 2.13 bits per heavy atom. The quantitative estimate of drug-likeness (QED) is 0.881. The molecular formula is C15H15BrN4O3. The molecule has 8 heteroatoms. The standard InChI is InChI=1S/C15H15BrN4O3/c1-19-13(6-7-18-19)20-9-12(23-15(20)22)8-17-14(21)10-2-4-11(16)5-3-10/h2-7,12H,8-9H2,1H3,(H,17,21). The molecule has 23 heavy (non-hydrogen) atoms. The number of aromatic nitrogens is 2. The van der Waals surface area contributed by atoms with Crippen molar-refractivity contribution in [3.8, 4) is 0 Å². The Morgan fingerprint density at radius 3 is 2.78 bits per heavy atom. The molecular weight excluding hydrogens is 364 g/mol. The summed E-state index contributed by atoms with van der Waals surface area (Å²) in [6.45, 7) is 0.633. The van der Waals surface area contributed by atoms with E-state index in [1.807, 2.05) is 0 Å². The first-order valence-corrected chi connectivity index (χ1v) is 7.84. The maximum atomic E-state index is 12.1. The summed E-state index contributed by atoms with van der Waals surface area (Å²) >= 11 is 3.32. The predicted molar refractivity (Wildman–Crippen MR) is 87.3 cm³/mol. The number of aryl methyl sites for hydroxylation is 1. The Bertz CT molecular complexity index is 729. The van der Waals surface area contributed by atoms with Gasteiger partial charge in [-0.3, -0.25) is 14.4 Å². The lowest BCUT2D eigenvalue weighted by Gasteiger charge is -2.12. The molecule has 1 N–H and O–H groups in total. The summed E-state index contributed by atoms with van der Waals surface area (Å²) in [5, 5.41) is 6.82. The van der Waals surface area contributed by atoms with Crippen LogP contribution in [-0.4, -0.2) is 41.0 Å². The van der Waals surface area contributed by atoms with Gasteiger partial charge >= 0.3 is 6.09 Å². The molecule has 0 aliphatic carbocycles. The normalized spacial score (nSPS) is 17.2. The van der Waals surface area contributed by atoms with E-state index in [9.17, 15) is 9.59 Å². The molecule has 3 rings (SSSR count). The predicted octanol–water partition coefficient (Wildman–Crippen LogP) is 1.94. The van der Waals surface area contributed by atoms with E-state index in [4.69, 9.17) is 4.74 Å². The van der Waals surface area contributed by atoms with Gasteiger partial charge < -0.3 is 10.1 Å². The van der Waals surface area contributed by atoms with Crippen LogP contribution in [0, 0.1) is 0 Å². The second kappa shape index (κ2) is 6.41. The summed E-state index contributed by atoms with van der Waals surface area (Å²) in [5.41, 5.74) is 0.556. The molecule has 1 unspecified atom stereocenters. The first kappa shape index (κ1) is 15.5. The number of halogens is 1. The highest BCUT2D eigenvalue weighted by Crippen LogP contribution is 2.20. The number of nitrogens with zero attached hydrogens (tertiary/aromatic N) is 3. The minimum Gasteiger partial charge on any atom is -0.442 e. The van der Waals surface area contributed by atoms with Crippen molar-refractivity contribution in [2.24, 2.45) is 7.05 Å². The number of amides is 2. The first-order chi connectivity index (χ1) is 11.0. The highest BCUT2D eigenvalue weighted by Gasteiger charge is 2.33. The van der Waals surface area contributed by atoms with Gasteiger partial charge in [0.15, 0.2) is 0 Å². The lowest BCUT2D eigenvalue weighted by atomic mass is 10.2. The van der Waals surface area contributed by atoms with Gasteiger partial charge in [0, 0.05) is 23.2 Å². The maximum absolute atomic E-state index is 12.1. The van der Waals surface area contributed by atoms with E-state index in [2.05, 4.69) is 26.3 Å². The molecule has 0 spiro atoms. The monoisotopic (exact) mass is 378 g/mol. The second-order valence-electron chi connectivity index (χ2n) is 5.15. The van der Waals surface area contributed by atoms with Crippen molar-refractivity contribution < 1.29 is 14.3 Å². The van der Waals surface area contributed by atoms with Crippen LogP contribution in [0.25, 0.3) is 0 Å². The smallest absolute Gasteiger partial charge is 0.416 e. The molecule has 7 nitrogen and oxygen atoms in total. The fourth-order valence-corrected chi connectivity index (χ4v) is 2.62. The fraction of sp³-hybridized carbons (Fsp3) is 0.267. The number of benzene rings is 1. The lowest BCUT2D eigenvalue weighted by Crippen LogP contribution is -2.34. The molecule has 1 fully saturated rings. The molecule has 120 valence electrons. The number of nitrogens with one attached hydrogen (secondary N) is 1. The number of ether oxygens (including phenoxy) is 1. The third kappa shape index (κ3) is 3.37. The van der Waals surface area contributed by atoms with Gasteiger partial charge in [-0.05, 0) is 24.3 Å². The van der Waals surface area contributed by atoms with E-state index in [0.717, 1.165) is 4.47 Å². The van der Waals surface area contributed by atoms with Crippen molar-refractivity contribution in [2.75, 3.05) is 18.0 Å². The average molecular weight is 379 g/mol. The van der Waals surface area contributed by atoms with Crippen LogP contribution in [0.3, 0.4) is 0 Å². The van der Waals surface area contributed by atoms with Gasteiger partial charge in [0.25, 0.3) is 5.91 Å². The minimum absolute atomic E-state index is 0.201. The van der Waals surface area contributed by atoms with Crippen LogP contribution >= 0.6 is 15.9 Å². The lowest BCUT2D eigenvalue weighted by molar-refractivity contribution is 0.0916. The van der Waals surface area contributed by atoms with Crippen LogP contribution in [-0.2, 0) is 11.8 Å². The number of rotatable bonds is 4. The van der Waals surface area contributed by atoms with E-state index in [0.29, 0.717) is 17.9 Å². The van der Waals surface area contributed by atoms with Crippen molar-refractivity contribution in [2.45, 2.75) is 6.10 Å². The molecule has 1 aliphatic heterocycles. The molecule has 0 saturated carbocycles. The summed E-state index contributed by atoms with van der Waals surface area (Å²) in [5.74, 6) is 0.462. The van der Waals surface area contributed by atoms with Crippen molar-refractivity contribution in [1.82, 2.24) is 15.1 Å². The Balaban J connectivity index is 1.57. The van der Waals surface area contributed by atoms with Gasteiger partial charge in [-0.15, -0.1) is 0 Å². The molecule has 1 aliphatic rings. The van der Waals surface area contributed by atoms with Gasteiger partial charge in [-0.1, -0.05) is 15.9 Å². The Morgan fingerprint density at radius 1 is 1.39 bits per heavy atom. The highest BCUT2D eigenvalue weighted by molar-refractivity contribution is 9.10. The highest BCUT2D eigenvalue weighted by atomic mass is 79.9. The molecule has 2 amide bonds. The zero-order chi connectivity index (χ0) is 16.4. The molecule has 1 aromatic carbocycles. The number of hydrogen-bond acceptors (Lipinski definition) is 4. The second-order valence-corrected chi connectivity index (χ2v) is 6.06. The fourth-order valence-electron chi connectivity index (χ4n) is 2.36. The van der Waals surface area contributed by atoms with Crippen LogP contribution in [0.1, 0.15) is 10.4 Å². The molecule has 0 bridgehead atoms. The summed E-state index contributed by atoms with van der Waals surface area (Å²) in [6, 6.07) is 8.79.